The van der Waals surface area contributed by atoms with Crippen molar-refractivity contribution in [2.45, 2.75) is 286 Å². The molecule has 0 aliphatic rings. The van der Waals surface area contributed by atoms with Gasteiger partial charge in [0.25, 0.3) is 0 Å². The van der Waals surface area contributed by atoms with Gasteiger partial charge in [0.2, 0.25) is 0 Å². The molecular weight excluding hydrogens is 1990 g/mol. The largest absolute Gasteiger partial charge is 0.469 e. The van der Waals surface area contributed by atoms with Gasteiger partial charge in [0.05, 0.1) is 257 Å². The van der Waals surface area contributed by atoms with Crippen LogP contribution in [0, 0.1) is 115 Å². The van der Waals surface area contributed by atoms with Crippen LogP contribution in [0.1, 0.15) is 281 Å². The summed E-state index contributed by atoms with van der Waals surface area (Å²) >= 11 is 1.23. The number of esters is 21. The first kappa shape index (κ1) is 139. The van der Waals surface area contributed by atoms with E-state index in [2.05, 4.69) is 0 Å². The van der Waals surface area contributed by atoms with Gasteiger partial charge in [0.15, 0.2) is 0 Å². The van der Waals surface area contributed by atoms with Crippen LogP contribution in [0.3, 0.4) is 0 Å². The van der Waals surface area contributed by atoms with Crippen molar-refractivity contribution in [2.24, 2.45) is 115 Å². The maximum atomic E-state index is 15.3. The first-order valence-electron chi connectivity index (χ1n) is 49.0. The van der Waals surface area contributed by atoms with Crippen LogP contribution in [0.4, 0.5) is 0 Å². The molecule has 860 valence electrons. The zero-order valence-electron chi connectivity index (χ0n) is 97.1. The van der Waals surface area contributed by atoms with Crippen molar-refractivity contribution in [1.29, 1.82) is 0 Å². The number of rotatable bonds is 64. The zero-order valence-corrected chi connectivity index (χ0v) is 98.0. The maximum Gasteiger partial charge on any atom is 0.312 e. The van der Waals surface area contributed by atoms with Gasteiger partial charge in [-0.1, -0.05) is 27.7 Å². The van der Waals surface area contributed by atoms with Crippen molar-refractivity contribution in [3.63, 3.8) is 0 Å². The van der Waals surface area contributed by atoms with E-state index in [9.17, 15) is 43.2 Å². The van der Waals surface area contributed by atoms with Crippen molar-refractivity contribution >= 4 is 137 Å². The highest BCUT2D eigenvalue weighted by Gasteiger charge is 2.66. The average molecular weight is 2160 g/mol. The first-order valence-corrected chi connectivity index (χ1v) is 50.0. The molecule has 0 saturated heterocycles. The standard InChI is InChI=1S/C107H174O42S/c1-65(2)68(108)149-44-45-150-67(4)107(23,88(128)148-43)64-106(22,87(127)147-42)63-105(21,86(126)146-41)62-104(20,85(125)145-40)61-103(19,84(124)144-39)60-102(18,83(123)143-38)59-101(17,82(122)142-37)58-100(16,81(121)141-36)57-99(15,80(120)140-35)56-98(14,79(119)139-34)55-97(13,78(118)138-33)54-96(12,77(117)137-32)53-95(11,76(116)136-31)52-94(10,75(115)135-30)51-93(9,74(114)134-29)50-92(8,73(113)133-28)49-91(7,72(112)132-27)48-90(6,71(111)131-26)47-89(5,70(110)130-25)46-66(3)69(109)129-24/h65-67H,44-64H2,1-43H3. The van der Waals surface area contributed by atoms with E-state index in [4.69, 9.17) is 99.5 Å². The van der Waals surface area contributed by atoms with E-state index in [1.807, 2.05) is 0 Å². The number of carbonyl (C=O) groups excluding carboxylic acids is 21. The molecule has 21 unspecified atom stereocenters. The van der Waals surface area contributed by atoms with Crippen LogP contribution in [0.2, 0.25) is 0 Å². The molecule has 21 atom stereocenters. The second-order valence-electron chi connectivity index (χ2n) is 46.5. The summed E-state index contributed by atoms with van der Waals surface area (Å²) in [6.07, 6.45) is -12.6. The van der Waals surface area contributed by atoms with Gasteiger partial charge in [-0.15, -0.1) is 0 Å². The summed E-state index contributed by atoms with van der Waals surface area (Å²) in [5.74, 6) is -22.3. The molecule has 0 aromatic rings. The number of carbonyl (C=O) groups is 21. The molecule has 0 aliphatic heterocycles. The molecule has 0 N–H and O–H groups in total. The molecule has 0 spiro atoms. The molecule has 0 amide bonds. The van der Waals surface area contributed by atoms with Crippen molar-refractivity contribution in [1.82, 2.24) is 0 Å². The summed E-state index contributed by atoms with van der Waals surface area (Å²) in [7, 11) is 20.6. The van der Waals surface area contributed by atoms with Crippen molar-refractivity contribution in [3.8, 4) is 0 Å². The summed E-state index contributed by atoms with van der Waals surface area (Å²) in [6, 6.07) is 0. The molecule has 0 aromatic carbocycles. The van der Waals surface area contributed by atoms with E-state index in [0.717, 1.165) is 142 Å². The maximum absolute atomic E-state index is 15.3. The molecule has 150 heavy (non-hydrogen) atoms. The highest BCUT2D eigenvalue weighted by Crippen LogP contribution is 2.62. The van der Waals surface area contributed by atoms with Crippen LogP contribution >= 0.6 is 11.8 Å². The van der Waals surface area contributed by atoms with E-state index >= 15 is 57.5 Å². The van der Waals surface area contributed by atoms with Gasteiger partial charge in [0, 0.05) is 11.0 Å². The van der Waals surface area contributed by atoms with Crippen LogP contribution in [-0.2, 0) is 200 Å². The average Bonchev–Trinajstić information content (AvgIpc) is 0.747. The van der Waals surface area contributed by atoms with Crippen LogP contribution in [0.5, 0.6) is 0 Å². The summed E-state index contributed by atoms with van der Waals surface area (Å²) in [4.78, 5) is 309. The van der Waals surface area contributed by atoms with Gasteiger partial charge in [-0.25, -0.2) is 0 Å². The molecule has 0 radical (unpaired) electrons. The zero-order chi connectivity index (χ0) is 118. The molecule has 0 fully saturated rings. The van der Waals surface area contributed by atoms with Gasteiger partial charge in [0.1, 0.15) is 6.61 Å². The summed E-state index contributed by atoms with van der Waals surface area (Å²) in [5, 5.41) is -0.691. The lowest BCUT2D eigenvalue weighted by Gasteiger charge is -2.48. The molecule has 0 rings (SSSR count). The third-order valence-electron chi connectivity index (χ3n) is 30.3. The Morgan fingerprint density at radius 2 is 0.300 bits per heavy atom. The Morgan fingerprint density at radius 3 is 0.427 bits per heavy atom. The van der Waals surface area contributed by atoms with Gasteiger partial charge in [-0.2, -0.15) is 11.8 Å². The molecule has 42 nitrogen and oxygen atoms in total. The second-order valence-corrected chi connectivity index (χ2v) is 47.9. The lowest BCUT2D eigenvalue weighted by Crippen LogP contribution is -2.52. The van der Waals surface area contributed by atoms with Crippen molar-refractivity contribution < 1.29 is 200 Å². The Morgan fingerprint density at radius 1 is 0.173 bits per heavy atom. The van der Waals surface area contributed by atoms with Crippen molar-refractivity contribution in [3.05, 3.63) is 0 Å². The topological polar surface area (TPSA) is 552 Å². The van der Waals surface area contributed by atoms with E-state index in [1.54, 1.807) is 27.7 Å². The third-order valence-corrected chi connectivity index (χ3v) is 31.7. The SMILES string of the molecule is COC(=O)C(C)CC(C)(CC(C)(CC(C)(CC(C)(CC(C)(CC(C)(CC(C)(CC(C)(CC(C)(CC(C)(CC(C)(CC(C)(CC(C)(CC(C)(CC(C)(CC(C)(CC(C)(CC(C)(CC(C)(C(=O)OC)C(C)SCCOC(=O)C(C)C)C(=O)OC)C(=O)OC)C(=O)OC)C(=O)OC)C(=O)OC)C(=O)OC)C(=O)OC)C(=O)OC)C(=O)OC)C(=O)OC)C(=O)OC)C(=O)OC)C(=O)OC)C(=O)OC)C(=O)OC)C(=O)OC)C(=O)OC)C(=O)OC. The van der Waals surface area contributed by atoms with E-state index < -0.39 is 354 Å². The van der Waals surface area contributed by atoms with Gasteiger partial charge in [-0.3, -0.25) is 101 Å². The molecular formula is C107H174O42S. The predicted molar refractivity (Wildman–Crippen MR) is 539 cm³/mol. The Labute approximate surface area is 888 Å². The fraction of sp³-hybridized carbons (Fsp3) is 0.804. The molecule has 0 bridgehead atoms. The third kappa shape index (κ3) is 33.1. The van der Waals surface area contributed by atoms with Gasteiger partial charge >= 0.3 is 125 Å². The summed E-state index contributed by atoms with van der Waals surface area (Å²) < 4.78 is 114. The molecule has 0 saturated carbocycles. The number of thioether (sulfide) groups is 1. The normalized spacial score (nSPS) is 19.6. The van der Waals surface area contributed by atoms with Crippen LogP contribution in [0.15, 0.2) is 0 Å². The monoisotopic (exact) mass is 2160 g/mol. The quantitative estimate of drug-likeness (QED) is 0.0310. The lowest BCUT2D eigenvalue weighted by molar-refractivity contribution is -0.178. The minimum Gasteiger partial charge on any atom is -0.469 e. The molecule has 43 heteroatoms. The fourth-order valence-electron chi connectivity index (χ4n) is 25.9. The minimum absolute atomic E-state index is 0.0372. The first-order chi connectivity index (χ1) is 68.5. The lowest BCUT2D eigenvalue weighted by atomic mass is 9.55. The fourth-order valence-corrected chi connectivity index (χ4v) is 27.0. The van der Waals surface area contributed by atoms with Crippen LogP contribution in [0.25, 0.3) is 0 Å². The Kier molecular flexibility index (Phi) is 50.7. The number of hydrogen-bond acceptors (Lipinski definition) is 43. The van der Waals surface area contributed by atoms with E-state index in [1.165, 1.54) is 143 Å². The minimum atomic E-state index is -2.24. The molecule has 0 aliphatic carbocycles. The Balaban J connectivity index is 9.35. The van der Waals surface area contributed by atoms with E-state index in [0.29, 0.717) is 0 Å². The van der Waals surface area contributed by atoms with E-state index in [-0.39, 0.29) is 25.2 Å². The number of ether oxygens (including phenoxy) is 21. The predicted octanol–water partition coefficient (Wildman–Crippen LogP) is 12.9. The number of hydrogen-bond donors (Lipinski definition) is 0. The Hall–Kier alpha value is -10.8. The van der Waals surface area contributed by atoms with Crippen molar-refractivity contribution in [2.75, 3.05) is 155 Å². The van der Waals surface area contributed by atoms with Gasteiger partial charge in [-0.05, 0) is 254 Å². The highest BCUT2D eigenvalue weighted by molar-refractivity contribution is 7.99. The second kappa shape index (κ2) is 54.7. The summed E-state index contributed by atoms with van der Waals surface area (Å²) in [5.41, 5.74) is -39.5. The highest BCUT2D eigenvalue weighted by atomic mass is 32.2. The van der Waals surface area contributed by atoms with Gasteiger partial charge < -0.3 is 99.5 Å². The number of methoxy groups -OCH3 is 20. The smallest absolute Gasteiger partial charge is 0.312 e. The van der Waals surface area contributed by atoms with Crippen LogP contribution < -0.4 is 0 Å². The Bertz CT molecular complexity index is 4670. The molecule has 0 heterocycles. The molecule has 0 aromatic heterocycles. The summed E-state index contributed by atoms with van der Waals surface area (Å²) in [6.45, 7) is 32.1. The van der Waals surface area contributed by atoms with Crippen LogP contribution in [-0.4, -0.2) is 285 Å².